The van der Waals surface area contributed by atoms with Gasteiger partial charge in [0.2, 0.25) is 5.91 Å². The lowest BCUT2D eigenvalue weighted by molar-refractivity contribution is -0.128. The highest BCUT2D eigenvalue weighted by Gasteiger charge is 2.25. The molecule has 2 fully saturated rings. The van der Waals surface area contributed by atoms with Crippen molar-refractivity contribution in [3.8, 4) is 11.4 Å². The van der Waals surface area contributed by atoms with Gasteiger partial charge in [-0.1, -0.05) is 30.0 Å². The molecule has 3 heterocycles. The molecular formula is C25H28FN5O2S. The highest BCUT2D eigenvalue weighted by Crippen LogP contribution is 2.27. The third kappa shape index (κ3) is 5.26. The van der Waals surface area contributed by atoms with Crippen molar-refractivity contribution in [1.82, 2.24) is 19.7 Å². The van der Waals surface area contributed by atoms with Crippen molar-refractivity contribution in [1.29, 1.82) is 0 Å². The van der Waals surface area contributed by atoms with Gasteiger partial charge in [0.05, 0.1) is 18.4 Å². The number of piperazine rings is 1. The van der Waals surface area contributed by atoms with Crippen LogP contribution in [-0.2, 0) is 16.1 Å². The summed E-state index contributed by atoms with van der Waals surface area (Å²) < 4.78 is 21.3. The van der Waals surface area contributed by atoms with Crippen LogP contribution in [0.1, 0.15) is 12.8 Å². The van der Waals surface area contributed by atoms with Crippen molar-refractivity contribution in [2.24, 2.45) is 0 Å². The second-order valence-electron chi connectivity index (χ2n) is 8.55. The van der Waals surface area contributed by atoms with E-state index in [-0.39, 0.29) is 17.8 Å². The quantitative estimate of drug-likeness (QED) is 0.480. The van der Waals surface area contributed by atoms with Crippen LogP contribution in [0.5, 0.6) is 0 Å². The maximum absolute atomic E-state index is 13.4. The summed E-state index contributed by atoms with van der Waals surface area (Å²) in [6, 6.07) is 16.6. The summed E-state index contributed by atoms with van der Waals surface area (Å²) in [5.41, 5.74) is 1.99. The van der Waals surface area contributed by atoms with E-state index < -0.39 is 0 Å². The number of aromatic nitrogens is 3. The molecule has 2 aliphatic heterocycles. The van der Waals surface area contributed by atoms with Crippen molar-refractivity contribution in [2.75, 3.05) is 43.4 Å². The number of hydrogen-bond donors (Lipinski definition) is 0. The van der Waals surface area contributed by atoms with Crippen LogP contribution in [0.25, 0.3) is 11.4 Å². The molecule has 1 amide bonds. The van der Waals surface area contributed by atoms with E-state index in [1.807, 2.05) is 27.7 Å². The standard InChI is InChI=1S/C25H28FN5O2S/c26-20-10-8-19(9-11-20)24-27-28-25(31(24)17-22-7-4-16-33-22)34-18-23(32)30-14-12-29(13-15-30)21-5-2-1-3-6-21/h1-3,5-6,8-11,22H,4,7,12-18H2/t22-/m0/s1. The number of nitrogens with zero attached hydrogens (tertiary/aromatic N) is 5. The first-order chi connectivity index (χ1) is 16.7. The summed E-state index contributed by atoms with van der Waals surface area (Å²) in [5.74, 6) is 0.787. The number of carbonyl (C=O) groups excluding carboxylic acids is 1. The Morgan fingerprint density at radius 1 is 1.03 bits per heavy atom. The maximum atomic E-state index is 13.4. The Bertz CT molecular complexity index is 1090. The first-order valence-electron chi connectivity index (χ1n) is 11.7. The maximum Gasteiger partial charge on any atom is 0.233 e. The lowest BCUT2D eigenvalue weighted by atomic mass is 10.2. The van der Waals surface area contributed by atoms with Crippen LogP contribution in [0.3, 0.4) is 0 Å². The van der Waals surface area contributed by atoms with Gasteiger partial charge >= 0.3 is 0 Å². The molecule has 0 spiro atoms. The van der Waals surface area contributed by atoms with Gasteiger partial charge in [0.25, 0.3) is 0 Å². The minimum atomic E-state index is -0.290. The Hall–Kier alpha value is -2.91. The summed E-state index contributed by atoms with van der Waals surface area (Å²) in [7, 11) is 0. The molecule has 34 heavy (non-hydrogen) atoms. The van der Waals surface area contributed by atoms with Gasteiger partial charge in [0.1, 0.15) is 5.82 Å². The van der Waals surface area contributed by atoms with Gasteiger partial charge in [0.15, 0.2) is 11.0 Å². The number of para-hydroxylation sites is 1. The highest BCUT2D eigenvalue weighted by atomic mass is 32.2. The number of benzene rings is 2. The molecule has 1 aromatic heterocycles. The molecule has 178 valence electrons. The third-order valence-corrected chi connectivity index (χ3v) is 7.26. The van der Waals surface area contributed by atoms with E-state index in [0.29, 0.717) is 36.4 Å². The number of ether oxygens (including phenoxy) is 1. The minimum absolute atomic E-state index is 0.0938. The van der Waals surface area contributed by atoms with Gasteiger partial charge in [-0.15, -0.1) is 10.2 Å². The van der Waals surface area contributed by atoms with Crippen molar-refractivity contribution >= 4 is 23.4 Å². The molecule has 2 aliphatic rings. The summed E-state index contributed by atoms with van der Waals surface area (Å²) in [4.78, 5) is 17.2. The summed E-state index contributed by atoms with van der Waals surface area (Å²) in [6.07, 6.45) is 2.11. The van der Waals surface area contributed by atoms with E-state index >= 15 is 0 Å². The lowest BCUT2D eigenvalue weighted by Gasteiger charge is -2.36. The van der Waals surface area contributed by atoms with Crippen molar-refractivity contribution in [3.63, 3.8) is 0 Å². The fourth-order valence-electron chi connectivity index (χ4n) is 4.43. The second kappa shape index (κ2) is 10.6. The minimum Gasteiger partial charge on any atom is -0.376 e. The molecular weight excluding hydrogens is 453 g/mol. The van der Waals surface area contributed by atoms with Gasteiger partial charge in [-0.2, -0.15) is 0 Å². The highest BCUT2D eigenvalue weighted by molar-refractivity contribution is 7.99. The number of hydrogen-bond acceptors (Lipinski definition) is 6. The fourth-order valence-corrected chi connectivity index (χ4v) is 5.29. The Morgan fingerprint density at radius 2 is 1.79 bits per heavy atom. The van der Waals surface area contributed by atoms with Gasteiger partial charge < -0.3 is 14.5 Å². The zero-order valence-electron chi connectivity index (χ0n) is 19.0. The molecule has 0 aliphatic carbocycles. The monoisotopic (exact) mass is 481 g/mol. The van der Waals surface area contributed by atoms with E-state index in [2.05, 4.69) is 27.2 Å². The molecule has 3 aromatic rings. The first kappa shape index (κ1) is 22.9. The Balaban J connectivity index is 1.24. The zero-order chi connectivity index (χ0) is 23.3. The normalized spacial score (nSPS) is 18.4. The van der Waals surface area contributed by atoms with E-state index in [1.165, 1.54) is 29.6 Å². The van der Waals surface area contributed by atoms with Crippen molar-refractivity contribution in [3.05, 3.63) is 60.4 Å². The number of halogens is 1. The molecule has 1 atom stereocenters. The lowest BCUT2D eigenvalue weighted by Crippen LogP contribution is -2.49. The van der Waals surface area contributed by atoms with Gasteiger partial charge in [0, 0.05) is 44.0 Å². The van der Waals surface area contributed by atoms with Crippen LogP contribution in [0.4, 0.5) is 10.1 Å². The average molecular weight is 482 g/mol. The Labute approximate surface area is 202 Å². The van der Waals surface area contributed by atoms with Crippen LogP contribution in [0.15, 0.2) is 59.8 Å². The molecule has 0 N–H and O–H groups in total. The predicted octanol–water partition coefficient (Wildman–Crippen LogP) is 3.70. The van der Waals surface area contributed by atoms with Crippen LogP contribution in [0, 0.1) is 5.82 Å². The molecule has 9 heteroatoms. The third-order valence-electron chi connectivity index (χ3n) is 6.31. The zero-order valence-corrected chi connectivity index (χ0v) is 19.8. The number of anilines is 1. The Kier molecular flexibility index (Phi) is 7.10. The number of carbonyl (C=O) groups is 1. The first-order valence-corrected chi connectivity index (χ1v) is 12.7. The molecule has 0 saturated carbocycles. The molecule has 2 saturated heterocycles. The van der Waals surface area contributed by atoms with Crippen LogP contribution < -0.4 is 4.90 Å². The average Bonchev–Trinajstić information content (AvgIpc) is 3.54. The summed E-state index contributed by atoms with van der Waals surface area (Å²) in [6.45, 7) is 4.44. The van der Waals surface area contributed by atoms with E-state index in [1.54, 1.807) is 12.1 Å². The molecule has 7 nitrogen and oxygen atoms in total. The van der Waals surface area contributed by atoms with E-state index in [9.17, 15) is 9.18 Å². The SMILES string of the molecule is O=C(CSc1nnc(-c2ccc(F)cc2)n1C[C@@H]1CCCO1)N1CCN(c2ccccc2)CC1. The fraction of sp³-hybridized carbons (Fsp3) is 0.400. The second-order valence-corrected chi connectivity index (χ2v) is 9.49. The number of thioether (sulfide) groups is 1. The Morgan fingerprint density at radius 3 is 2.50 bits per heavy atom. The van der Waals surface area contributed by atoms with Crippen LogP contribution >= 0.6 is 11.8 Å². The van der Waals surface area contributed by atoms with E-state index in [0.717, 1.165) is 38.1 Å². The van der Waals surface area contributed by atoms with Gasteiger partial charge in [-0.3, -0.25) is 9.36 Å². The molecule has 0 bridgehead atoms. The largest absolute Gasteiger partial charge is 0.376 e. The molecule has 0 unspecified atom stereocenters. The van der Waals surface area contributed by atoms with Crippen molar-refractivity contribution in [2.45, 2.75) is 30.6 Å². The predicted molar refractivity (Wildman–Crippen MR) is 130 cm³/mol. The van der Waals surface area contributed by atoms with Gasteiger partial charge in [-0.05, 0) is 49.2 Å². The molecule has 0 radical (unpaired) electrons. The summed E-state index contributed by atoms with van der Waals surface area (Å²) >= 11 is 1.40. The van der Waals surface area contributed by atoms with Crippen LogP contribution in [0.2, 0.25) is 0 Å². The van der Waals surface area contributed by atoms with Crippen LogP contribution in [-0.4, -0.2) is 70.2 Å². The van der Waals surface area contributed by atoms with Gasteiger partial charge in [-0.25, -0.2) is 4.39 Å². The van der Waals surface area contributed by atoms with E-state index in [4.69, 9.17) is 4.74 Å². The number of rotatable bonds is 7. The number of amides is 1. The smallest absolute Gasteiger partial charge is 0.233 e. The molecule has 2 aromatic carbocycles. The topological polar surface area (TPSA) is 63.5 Å². The van der Waals surface area contributed by atoms with Crippen molar-refractivity contribution < 1.29 is 13.9 Å². The summed E-state index contributed by atoms with van der Waals surface area (Å²) in [5, 5.41) is 9.43. The molecule has 5 rings (SSSR count).